The molecule has 0 unspecified atom stereocenters. The zero-order chi connectivity index (χ0) is 17.8. The molecule has 0 fully saturated rings. The molecular formula is C17H14N2O5S. The van der Waals surface area contributed by atoms with Gasteiger partial charge in [-0.3, -0.25) is 20.4 Å². The van der Waals surface area contributed by atoms with E-state index in [0.717, 1.165) is 5.39 Å². The number of benzene rings is 1. The molecule has 0 radical (unpaired) electrons. The molecule has 0 atom stereocenters. The van der Waals surface area contributed by atoms with Crippen molar-refractivity contribution < 1.29 is 23.5 Å². The Morgan fingerprint density at radius 2 is 1.92 bits per heavy atom. The van der Waals surface area contributed by atoms with E-state index in [-0.39, 0.29) is 5.76 Å². The van der Waals surface area contributed by atoms with Gasteiger partial charge in [0.25, 0.3) is 11.8 Å². The molecule has 0 bridgehead atoms. The Bertz CT molecular complexity index is 930. The van der Waals surface area contributed by atoms with Crippen molar-refractivity contribution in [2.24, 2.45) is 0 Å². The summed E-state index contributed by atoms with van der Waals surface area (Å²) in [5.74, 6) is -1.79. The van der Waals surface area contributed by atoms with Crippen molar-refractivity contribution in [1.82, 2.24) is 10.9 Å². The average molecular weight is 358 g/mol. The van der Waals surface area contributed by atoms with Gasteiger partial charge in [0.15, 0.2) is 6.61 Å². The maximum Gasteiger partial charge on any atom is 0.375 e. The second kappa shape index (κ2) is 7.18. The highest BCUT2D eigenvalue weighted by Crippen LogP contribution is 2.25. The van der Waals surface area contributed by atoms with Crippen molar-refractivity contribution in [2.75, 3.05) is 6.61 Å². The van der Waals surface area contributed by atoms with Crippen LogP contribution in [0.5, 0.6) is 0 Å². The monoisotopic (exact) mass is 358 g/mol. The third-order valence-electron chi connectivity index (χ3n) is 3.42. The Balaban J connectivity index is 1.53. The van der Waals surface area contributed by atoms with Crippen molar-refractivity contribution in [3.05, 3.63) is 58.0 Å². The summed E-state index contributed by atoms with van der Waals surface area (Å²) in [6.07, 6.45) is 0. The van der Waals surface area contributed by atoms with Crippen molar-refractivity contribution in [3.8, 4) is 0 Å². The topological polar surface area (TPSA) is 97.6 Å². The lowest BCUT2D eigenvalue weighted by Gasteiger charge is -2.06. The standard InChI is InChI=1S/C17H14N2O5S/c1-10-11-5-2-3-6-12(11)24-15(10)17(22)23-9-14(20)18-19-16(21)13-7-4-8-25-13/h2-8H,9H2,1H3,(H,18,20)(H,19,21). The van der Waals surface area contributed by atoms with Gasteiger partial charge < -0.3 is 9.15 Å². The molecule has 3 rings (SSSR count). The minimum atomic E-state index is -0.742. The number of esters is 1. The zero-order valence-electron chi connectivity index (χ0n) is 13.2. The first-order chi connectivity index (χ1) is 12.1. The summed E-state index contributed by atoms with van der Waals surface area (Å²) in [5, 5.41) is 2.55. The molecule has 2 N–H and O–H groups in total. The molecule has 25 heavy (non-hydrogen) atoms. The van der Waals surface area contributed by atoms with Gasteiger partial charge >= 0.3 is 5.97 Å². The van der Waals surface area contributed by atoms with Gasteiger partial charge in [0.05, 0.1) is 4.88 Å². The van der Waals surface area contributed by atoms with E-state index in [4.69, 9.17) is 9.15 Å². The van der Waals surface area contributed by atoms with Crippen molar-refractivity contribution >= 4 is 40.1 Å². The SMILES string of the molecule is Cc1c(C(=O)OCC(=O)NNC(=O)c2cccs2)oc2ccccc12. The van der Waals surface area contributed by atoms with Gasteiger partial charge in [-0.05, 0) is 24.4 Å². The van der Waals surface area contributed by atoms with E-state index in [1.54, 1.807) is 36.6 Å². The van der Waals surface area contributed by atoms with Gasteiger partial charge in [-0.15, -0.1) is 11.3 Å². The van der Waals surface area contributed by atoms with Crippen LogP contribution in [0.15, 0.2) is 46.2 Å². The number of carbonyl (C=O) groups excluding carboxylic acids is 3. The lowest BCUT2D eigenvalue weighted by molar-refractivity contribution is -0.125. The Kier molecular flexibility index (Phi) is 4.80. The molecule has 2 aromatic heterocycles. The van der Waals surface area contributed by atoms with Crippen LogP contribution in [0.4, 0.5) is 0 Å². The second-order valence-electron chi connectivity index (χ2n) is 5.11. The molecule has 0 spiro atoms. The van der Waals surface area contributed by atoms with Crippen LogP contribution in [0.25, 0.3) is 11.0 Å². The van der Waals surface area contributed by atoms with Gasteiger partial charge in [0.2, 0.25) is 5.76 Å². The zero-order valence-corrected chi connectivity index (χ0v) is 14.0. The molecule has 0 aliphatic carbocycles. The maximum absolute atomic E-state index is 12.1. The highest BCUT2D eigenvalue weighted by atomic mass is 32.1. The Morgan fingerprint density at radius 1 is 1.12 bits per heavy atom. The number of ether oxygens (including phenoxy) is 1. The fourth-order valence-electron chi connectivity index (χ4n) is 2.20. The molecule has 7 nitrogen and oxygen atoms in total. The second-order valence-corrected chi connectivity index (χ2v) is 6.06. The molecule has 0 saturated carbocycles. The Morgan fingerprint density at radius 3 is 2.64 bits per heavy atom. The number of fused-ring (bicyclic) bond motifs is 1. The van der Waals surface area contributed by atoms with E-state index in [2.05, 4.69) is 10.9 Å². The first-order valence-corrected chi connectivity index (χ1v) is 8.22. The number of para-hydroxylation sites is 1. The Labute approximate surface area is 146 Å². The van der Waals surface area contributed by atoms with E-state index < -0.39 is 24.4 Å². The minimum Gasteiger partial charge on any atom is -0.450 e. The smallest absolute Gasteiger partial charge is 0.375 e. The van der Waals surface area contributed by atoms with Gasteiger partial charge in [0.1, 0.15) is 5.58 Å². The molecule has 0 saturated heterocycles. The maximum atomic E-state index is 12.1. The van der Waals surface area contributed by atoms with Crippen molar-refractivity contribution in [3.63, 3.8) is 0 Å². The number of carbonyl (C=O) groups is 3. The van der Waals surface area contributed by atoms with Crippen LogP contribution >= 0.6 is 11.3 Å². The third kappa shape index (κ3) is 3.69. The summed E-state index contributed by atoms with van der Waals surface area (Å²) < 4.78 is 10.4. The van der Waals surface area contributed by atoms with E-state index in [9.17, 15) is 14.4 Å². The van der Waals surface area contributed by atoms with Crippen LogP contribution < -0.4 is 10.9 Å². The quantitative estimate of drug-likeness (QED) is 0.551. The minimum absolute atomic E-state index is 0.0524. The number of rotatable bonds is 4. The highest BCUT2D eigenvalue weighted by Gasteiger charge is 2.20. The van der Waals surface area contributed by atoms with Crippen LogP contribution in [0.3, 0.4) is 0 Å². The van der Waals surface area contributed by atoms with Crippen LogP contribution in [0, 0.1) is 6.92 Å². The summed E-state index contributed by atoms with van der Waals surface area (Å²) in [6.45, 7) is 1.20. The summed E-state index contributed by atoms with van der Waals surface area (Å²) in [5.41, 5.74) is 5.63. The normalized spacial score (nSPS) is 10.4. The predicted octanol–water partition coefficient (Wildman–Crippen LogP) is 2.42. The van der Waals surface area contributed by atoms with Gasteiger partial charge in [-0.25, -0.2) is 4.79 Å². The molecule has 8 heteroatoms. The molecular weight excluding hydrogens is 344 g/mol. The number of hydrogen-bond donors (Lipinski definition) is 2. The van der Waals surface area contributed by atoms with Crippen LogP contribution in [-0.2, 0) is 9.53 Å². The number of aryl methyl sites for hydroxylation is 1. The summed E-state index contributed by atoms with van der Waals surface area (Å²) in [4.78, 5) is 35.9. The highest BCUT2D eigenvalue weighted by molar-refractivity contribution is 7.12. The Hall–Kier alpha value is -3.13. The van der Waals surface area contributed by atoms with E-state index in [0.29, 0.717) is 16.0 Å². The number of nitrogens with one attached hydrogen (secondary N) is 2. The number of amides is 2. The average Bonchev–Trinajstić information content (AvgIpc) is 3.26. The lowest BCUT2D eigenvalue weighted by Crippen LogP contribution is -2.43. The largest absolute Gasteiger partial charge is 0.450 e. The van der Waals surface area contributed by atoms with Gasteiger partial charge in [-0.1, -0.05) is 24.3 Å². The van der Waals surface area contributed by atoms with Crippen LogP contribution in [-0.4, -0.2) is 24.4 Å². The predicted molar refractivity (Wildman–Crippen MR) is 91.2 cm³/mol. The van der Waals surface area contributed by atoms with Crippen molar-refractivity contribution in [1.29, 1.82) is 0 Å². The number of thiophene rings is 1. The van der Waals surface area contributed by atoms with Crippen LogP contribution in [0.1, 0.15) is 25.8 Å². The summed E-state index contributed by atoms with van der Waals surface area (Å²) in [6, 6.07) is 10.5. The van der Waals surface area contributed by atoms with Crippen LogP contribution in [0.2, 0.25) is 0 Å². The van der Waals surface area contributed by atoms with Gasteiger partial charge in [-0.2, -0.15) is 0 Å². The van der Waals surface area contributed by atoms with E-state index in [1.807, 2.05) is 12.1 Å². The first-order valence-electron chi connectivity index (χ1n) is 7.34. The molecule has 2 heterocycles. The van der Waals surface area contributed by atoms with Gasteiger partial charge in [0, 0.05) is 10.9 Å². The third-order valence-corrected chi connectivity index (χ3v) is 4.29. The molecule has 128 valence electrons. The first kappa shape index (κ1) is 16.7. The molecule has 1 aromatic carbocycles. The number of hydrogen-bond acceptors (Lipinski definition) is 6. The van der Waals surface area contributed by atoms with Crippen molar-refractivity contribution in [2.45, 2.75) is 6.92 Å². The fourth-order valence-corrected chi connectivity index (χ4v) is 2.82. The number of hydrazine groups is 1. The molecule has 2 amide bonds. The van der Waals surface area contributed by atoms with E-state index >= 15 is 0 Å². The lowest BCUT2D eigenvalue weighted by atomic mass is 10.1. The number of furan rings is 1. The molecule has 0 aliphatic rings. The van der Waals surface area contributed by atoms with E-state index in [1.165, 1.54) is 11.3 Å². The fraction of sp³-hybridized carbons (Fsp3) is 0.118. The summed E-state index contributed by atoms with van der Waals surface area (Å²) >= 11 is 1.24. The molecule has 0 aliphatic heterocycles. The summed E-state index contributed by atoms with van der Waals surface area (Å²) in [7, 11) is 0. The molecule has 3 aromatic rings.